The van der Waals surface area contributed by atoms with Crippen LogP contribution in [0.15, 0.2) is 24.3 Å². The van der Waals surface area contributed by atoms with Crippen molar-refractivity contribution in [1.29, 1.82) is 0 Å². The van der Waals surface area contributed by atoms with Crippen molar-refractivity contribution in [3.63, 3.8) is 0 Å². The highest BCUT2D eigenvalue weighted by atomic mass is 16.5. The first kappa shape index (κ1) is 15.8. The van der Waals surface area contributed by atoms with Gasteiger partial charge in [-0.3, -0.25) is 4.79 Å². The van der Waals surface area contributed by atoms with Gasteiger partial charge in [0.25, 0.3) is 5.91 Å². The first-order chi connectivity index (χ1) is 10.2. The van der Waals surface area contributed by atoms with Crippen LogP contribution in [0.25, 0.3) is 0 Å². The lowest BCUT2D eigenvalue weighted by Crippen LogP contribution is -2.44. The molecule has 1 aromatic rings. The summed E-state index contributed by atoms with van der Waals surface area (Å²) in [6, 6.07) is 7.96. The molecule has 4 heteroatoms. The number of carbonyl (C=O) groups excluding carboxylic acids is 1. The van der Waals surface area contributed by atoms with Crippen molar-refractivity contribution in [2.45, 2.75) is 26.2 Å². The first-order valence-electron chi connectivity index (χ1n) is 7.87. The minimum absolute atomic E-state index is 0.0929. The minimum Gasteiger partial charge on any atom is -0.484 e. The van der Waals surface area contributed by atoms with Crippen LogP contribution in [0.4, 0.5) is 0 Å². The molecule has 21 heavy (non-hydrogen) atoms. The fraction of sp³-hybridized carbons (Fsp3) is 0.588. The van der Waals surface area contributed by atoms with E-state index in [0.717, 1.165) is 38.2 Å². The van der Waals surface area contributed by atoms with Crippen LogP contribution >= 0.6 is 0 Å². The lowest BCUT2D eigenvalue weighted by molar-refractivity contribution is -0.135. The van der Waals surface area contributed by atoms with Crippen molar-refractivity contribution >= 4 is 5.91 Å². The second kappa shape index (κ2) is 8.03. The molecule has 1 heterocycles. The SMILES string of the molecule is CCc1ccc(OCC(=O)N2CCCC(CNC)C2)cc1. The van der Waals surface area contributed by atoms with Crippen molar-refractivity contribution in [3.8, 4) is 5.75 Å². The fourth-order valence-electron chi connectivity index (χ4n) is 2.80. The second-order valence-electron chi connectivity index (χ2n) is 5.69. The largest absolute Gasteiger partial charge is 0.484 e. The zero-order chi connectivity index (χ0) is 15.1. The lowest BCUT2D eigenvalue weighted by Gasteiger charge is -2.32. The van der Waals surface area contributed by atoms with E-state index in [1.807, 2.05) is 36.2 Å². The van der Waals surface area contributed by atoms with Gasteiger partial charge < -0.3 is 15.0 Å². The number of rotatable bonds is 6. The van der Waals surface area contributed by atoms with E-state index in [-0.39, 0.29) is 12.5 Å². The molecule has 0 bridgehead atoms. The maximum absolute atomic E-state index is 12.2. The minimum atomic E-state index is 0.0929. The van der Waals surface area contributed by atoms with Crippen molar-refractivity contribution in [3.05, 3.63) is 29.8 Å². The molecule has 0 aromatic heterocycles. The molecule has 1 aliphatic heterocycles. The molecule has 1 atom stereocenters. The number of amides is 1. The number of hydrogen-bond acceptors (Lipinski definition) is 3. The number of hydrogen-bond donors (Lipinski definition) is 1. The number of benzene rings is 1. The topological polar surface area (TPSA) is 41.6 Å². The molecule has 1 N–H and O–H groups in total. The average molecular weight is 290 g/mol. The van der Waals surface area contributed by atoms with E-state index in [2.05, 4.69) is 12.2 Å². The van der Waals surface area contributed by atoms with Gasteiger partial charge in [0.05, 0.1) is 0 Å². The zero-order valence-corrected chi connectivity index (χ0v) is 13.1. The molecular formula is C17H26N2O2. The van der Waals surface area contributed by atoms with Crippen molar-refractivity contribution in [2.24, 2.45) is 5.92 Å². The Morgan fingerprint density at radius 1 is 1.38 bits per heavy atom. The van der Waals surface area contributed by atoms with Gasteiger partial charge in [-0.25, -0.2) is 0 Å². The van der Waals surface area contributed by atoms with Crippen molar-refractivity contribution in [2.75, 3.05) is 33.3 Å². The Morgan fingerprint density at radius 3 is 2.81 bits per heavy atom. The molecular weight excluding hydrogens is 264 g/mol. The number of nitrogens with one attached hydrogen (secondary N) is 1. The highest BCUT2D eigenvalue weighted by molar-refractivity contribution is 5.77. The summed E-state index contributed by atoms with van der Waals surface area (Å²) in [4.78, 5) is 14.2. The summed E-state index contributed by atoms with van der Waals surface area (Å²) in [5, 5.41) is 3.20. The summed E-state index contributed by atoms with van der Waals surface area (Å²) >= 11 is 0. The Bertz CT molecular complexity index is 443. The number of carbonyl (C=O) groups is 1. The fourth-order valence-corrected chi connectivity index (χ4v) is 2.80. The average Bonchev–Trinajstić information content (AvgIpc) is 2.53. The molecule has 0 saturated carbocycles. The number of likely N-dealkylation sites (tertiary alicyclic amines) is 1. The van der Waals surface area contributed by atoms with Gasteiger partial charge in [0.2, 0.25) is 0 Å². The van der Waals surface area contributed by atoms with E-state index >= 15 is 0 Å². The van der Waals surface area contributed by atoms with Crippen molar-refractivity contribution < 1.29 is 9.53 Å². The predicted molar refractivity (Wildman–Crippen MR) is 84.5 cm³/mol. The number of nitrogens with zero attached hydrogens (tertiary/aromatic N) is 1. The van der Waals surface area contributed by atoms with E-state index in [1.165, 1.54) is 12.0 Å². The molecule has 1 unspecified atom stereocenters. The van der Waals surface area contributed by atoms with Gasteiger partial charge in [0, 0.05) is 13.1 Å². The number of aryl methyl sites for hydroxylation is 1. The van der Waals surface area contributed by atoms with Gasteiger partial charge >= 0.3 is 0 Å². The third-order valence-corrected chi connectivity index (χ3v) is 4.06. The first-order valence-corrected chi connectivity index (χ1v) is 7.87. The Hall–Kier alpha value is -1.55. The molecule has 1 amide bonds. The standard InChI is InChI=1S/C17H26N2O2/c1-3-14-6-8-16(9-7-14)21-13-17(20)19-10-4-5-15(12-19)11-18-2/h6-9,15,18H,3-5,10-13H2,1-2H3. The normalized spacial score (nSPS) is 18.6. The van der Waals surface area contributed by atoms with Gasteiger partial charge in [0.1, 0.15) is 5.75 Å². The number of ether oxygens (including phenoxy) is 1. The monoisotopic (exact) mass is 290 g/mol. The zero-order valence-electron chi connectivity index (χ0n) is 13.1. The molecule has 4 nitrogen and oxygen atoms in total. The van der Waals surface area contributed by atoms with Crippen LogP contribution < -0.4 is 10.1 Å². The molecule has 0 aliphatic carbocycles. The summed E-state index contributed by atoms with van der Waals surface area (Å²) in [6.07, 6.45) is 3.30. The smallest absolute Gasteiger partial charge is 0.260 e. The second-order valence-corrected chi connectivity index (χ2v) is 5.69. The molecule has 0 radical (unpaired) electrons. The van der Waals surface area contributed by atoms with Gasteiger partial charge in [-0.05, 0) is 56.5 Å². The molecule has 1 aliphatic rings. The van der Waals surface area contributed by atoms with E-state index in [1.54, 1.807) is 0 Å². The van der Waals surface area contributed by atoms with Gasteiger partial charge in [-0.15, -0.1) is 0 Å². The Balaban J connectivity index is 1.80. The quantitative estimate of drug-likeness (QED) is 0.872. The summed E-state index contributed by atoms with van der Waals surface area (Å²) in [7, 11) is 1.96. The third kappa shape index (κ3) is 4.74. The number of piperidine rings is 1. The van der Waals surface area contributed by atoms with Crippen LogP contribution in [-0.2, 0) is 11.2 Å². The Kier molecular flexibility index (Phi) is 6.05. The van der Waals surface area contributed by atoms with E-state index in [4.69, 9.17) is 4.74 Å². The Morgan fingerprint density at radius 2 is 2.14 bits per heavy atom. The summed E-state index contributed by atoms with van der Waals surface area (Å²) in [6.45, 7) is 4.94. The molecule has 1 saturated heterocycles. The third-order valence-electron chi connectivity index (χ3n) is 4.06. The maximum Gasteiger partial charge on any atom is 0.260 e. The summed E-state index contributed by atoms with van der Waals surface area (Å²) in [5.41, 5.74) is 1.28. The molecule has 116 valence electrons. The van der Waals surface area contributed by atoms with Gasteiger partial charge in [-0.1, -0.05) is 19.1 Å². The molecule has 1 aromatic carbocycles. The predicted octanol–water partition coefficient (Wildman–Crippen LogP) is 2.09. The Labute approximate surface area is 127 Å². The van der Waals surface area contributed by atoms with Crippen molar-refractivity contribution in [1.82, 2.24) is 10.2 Å². The maximum atomic E-state index is 12.2. The van der Waals surface area contributed by atoms with E-state index < -0.39 is 0 Å². The summed E-state index contributed by atoms with van der Waals surface area (Å²) in [5.74, 6) is 1.43. The van der Waals surface area contributed by atoms with Crippen LogP contribution in [0.3, 0.4) is 0 Å². The van der Waals surface area contributed by atoms with E-state index in [9.17, 15) is 4.79 Å². The molecule has 2 rings (SSSR count). The van der Waals surface area contributed by atoms with E-state index in [0.29, 0.717) is 5.92 Å². The van der Waals surface area contributed by atoms with Crippen LogP contribution in [0.2, 0.25) is 0 Å². The van der Waals surface area contributed by atoms with Crippen LogP contribution in [0.5, 0.6) is 5.75 Å². The molecule has 1 fully saturated rings. The van der Waals surface area contributed by atoms with Crippen LogP contribution in [0.1, 0.15) is 25.3 Å². The van der Waals surface area contributed by atoms with Gasteiger partial charge in [0.15, 0.2) is 6.61 Å². The highest BCUT2D eigenvalue weighted by Gasteiger charge is 2.23. The van der Waals surface area contributed by atoms with Crippen LogP contribution in [-0.4, -0.2) is 44.1 Å². The lowest BCUT2D eigenvalue weighted by atomic mass is 9.98. The highest BCUT2D eigenvalue weighted by Crippen LogP contribution is 2.17. The molecule has 0 spiro atoms. The van der Waals surface area contributed by atoms with Gasteiger partial charge in [-0.2, -0.15) is 0 Å². The summed E-state index contributed by atoms with van der Waals surface area (Å²) < 4.78 is 5.61. The van der Waals surface area contributed by atoms with Crippen LogP contribution in [0, 0.1) is 5.92 Å².